The molecule has 46 valence electrons. The number of nitriles is 1. The van der Waals surface area contributed by atoms with E-state index in [0.29, 0.717) is 12.3 Å². The van der Waals surface area contributed by atoms with Crippen LogP contribution < -0.4 is 5.73 Å². The van der Waals surface area contributed by atoms with Gasteiger partial charge in [-0.3, -0.25) is 0 Å². The highest BCUT2D eigenvalue weighted by Crippen LogP contribution is 2.00. The Labute approximate surface area is 50.3 Å². The van der Waals surface area contributed by atoms with Crippen LogP contribution in [0.1, 0.15) is 20.3 Å². The Bertz CT molecular complexity index is 91.2. The predicted molar refractivity (Wildman–Crippen MR) is 33.0 cm³/mol. The molecule has 2 heteroatoms. The minimum absolute atomic E-state index is 0.0556. The lowest BCUT2D eigenvalue weighted by Crippen LogP contribution is -2.25. The molecule has 0 spiro atoms. The summed E-state index contributed by atoms with van der Waals surface area (Å²) in [5.74, 6) is 0.426. The summed E-state index contributed by atoms with van der Waals surface area (Å²) < 4.78 is 0. The zero-order chi connectivity index (χ0) is 6.57. The maximum atomic E-state index is 8.16. The average Bonchev–Trinajstić information content (AvgIpc) is 1.67. The van der Waals surface area contributed by atoms with Crippen molar-refractivity contribution in [3.05, 3.63) is 0 Å². The molecule has 0 saturated carbocycles. The zero-order valence-corrected chi connectivity index (χ0v) is 5.39. The maximum Gasteiger partial charge on any atom is 0.0638 e. The highest BCUT2D eigenvalue weighted by Gasteiger charge is 2.04. The third kappa shape index (κ3) is 2.59. The van der Waals surface area contributed by atoms with Gasteiger partial charge in [0.25, 0.3) is 0 Å². The summed E-state index contributed by atoms with van der Waals surface area (Å²) in [7, 11) is 0. The van der Waals surface area contributed by atoms with Gasteiger partial charge in [0.1, 0.15) is 0 Å². The SMILES string of the molecule is CC(C)[C@H](N)CC#N. The molecule has 0 amide bonds. The lowest BCUT2D eigenvalue weighted by molar-refractivity contribution is 0.501. The largest absolute Gasteiger partial charge is 0.327 e. The fraction of sp³-hybridized carbons (Fsp3) is 0.833. The van der Waals surface area contributed by atoms with E-state index in [1.807, 2.05) is 19.9 Å². The Morgan fingerprint density at radius 3 is 2.25 bits per heavy atom. The first-order chi connectivity index (χ1) is 3.68. The fourth-order valence-electron chi connectivity index (χ4n) is 0.341. The molecular weight excluding hydrogens is 100 g/mol. The minimum Gasteiger partial charge on any atom is -0.327 e. The van der Waals surface area contributed by atoms with Gasteiger partial charge >= 0.3 is 0 Å². The van der Waals surface area contributed by atoms with E-state index in [9.17, 15) is 0 Å². The van der Waals surface area contributed by atoms with Gasteiger partial charge in [-0.15, -0.1) is 0 Å². The topological polar surface area (TPSA) is 49.8 Å². The number of nitrogens with zero attached hydrogens (tertiary/aromatic N) is 1. The molecule has 0 aliphatic carbocycles. The molecule has 0 radical (unpaired) electrons. The van der Waals surface area contributed by atoms with E-state index in [2.05, 4.69) is 0 Å². The molecule has 0 aliphatic heterocycles. The Morgan fingerprint density at radius 2 is 2.12 bits per heavy atom. The third-order valence-electron chi connectivity index (χ3n) is 1.18. The van der Waals surface area contributed by atoms with Crippen LogP contribution in [0.25, 0.3) is 0 Å². The molecule has 0 fully saturated rings. The lowest BCUT2D eigenvalue weighted by Gasteiger charge is -2.09. The van der Waals surface area contributed by atoms with Crippen molar-refractivity contribution >= 4 is 0 Å². The summed E-state index contributed by atoms with van der Waals surface area (Å²) >= 11 is 0. The van der Waals surface area contributed by atoms with Gasteiger partial charge in [-0.1, -0.05) is 13.8 Å². The molecule has 2 N–H and O–H groups in total. The Balaban J connectivity index is 3.35. The number of hydrogen-bond acceptors (Lipinski definition) is 2. The van der Waals surface area contributed by atoms with Crippen molar-refractivity contribution in [3.63, 3.8) is 0 Å². The van der Waals surface area contributed by atoms with Gasteiger partial charge in [-0.2, -0.15) is 5.26 Å². The fourth-order valence-corrected chi connectivity index (χ4v) is 0.341. The Morgan fingerprint density at radius 1 is 1.62 bits per heavy atom. The van der Waals surface area contributed by atoms with Crippen LogP contribution in [0.15, 0.2) is 0 Å². The monoisotopic (exact) mass is 112 g/mol. The number of nitrogens with two attached hydrogens (primary N) is 1. The van der Waals surface area contributed by atoms with E-state index in [-0.39, 0.29) is 6.04 Å². The predicted octanol–water partition coefficient (Wildman–Crippen LogP) is 0.883. The van der Waals surface area contributed by atoms with Gasteiger partial charge in [0, 0.05) is 6.04 Å². The van der Waals surface area contributed by atoms with Crippen molar-refractivity contribution < 1.29 is 0 Å². The second kappa shape index (κ2) is 3.45. The van der Waals surface area contributed by atoms with Crippen LogP contribution in [-0.2, 0) is 0 Å². The van der Waals surface area contributed by atoms with Crippen molar-refractivity contribution in [1.82, 2.24) is 0 Å². The summed E-state index contributed by atoms with van der Waals surface area (Å²) in [6.45, 7) is 4.03. The molecule has 0 rings (SSSR count). The average molecular weight is 112 g/mol. The molecule has 2 nitrogen and oxygen atoms in total. The van der Waals surface area contributed by atoms with Crippen LogP contribution in [-0.4, -0.2) is 6.04 Å². The minimum atomic E-state index is 0.0556. The molecule has 0 aliphatic rings. The van der Waals surface area contributed by atoms with Gasteiger partial charge in [0.05, 0.1) is 12.5 Å². The van der Waals surface area contributed by atoms with E-state index < -0.39 is 0 Å². The molecule has 0 aromatic carbocycles. The van der Waals surface area contributed by atoms with Crippen molar-refractivity contribution in [2.75, 3.05) is 0 Å². The van der Waals surface area contributed by atoms with Crippen LogP contribution >= 0.6 is 0 Å². The van der Waals surface area contributed by atoms with Gasteiger partial charge in [0.2, 0.25) is 0 Å². The second-order valence-electron chi connectivity index (χ2n) is 2.27. The lowest BCUT2D eigenvalue weighted by atomic mass is 10.0. The second-order valence-corrected chi connectivity index (χ2v) is 2.27. The van der Waals surface area contributed by atoms with Gasteiger partial charge < -0.3 is 5.73 Å². The molecule has 0 aromatic heterocycles. The highest BCUT2D eigenvalue weighted by molar-refractivity contribution is 4.79. The molecule has 1 atom stereocenters. The molecule has 8 heavy (non-hydrogen) atoms. The van der Waals surface area contributed by atoms with E-state index in [1.54, 1.807) is 0 Å². The van der Waals surface area contributed by atoms with Crippen molar-refractivity contribution in [1.29, 1.82) is 5.26 Å². The van der Waals surface area contributed by atoms with Crippen molar-refractivity contribution in [3.8, 4) is 6.07 Å². The van der Waals surface area contributed by atoms with E-state index in [4.69, 9.17) is 11.0 Å². The first-order valence-electron chi connectivity index (χ1n) is 2.81. The zero-order valence-electron chi connectivity index (χ0n) is 5.39. The summed E-state index contributed by atoms with van der Waals surface area (Å²) in [6, 6.07) is 2.08. The molecule has 0 heterocycles. The normalized spacial score (nSPS) is 13.4. The van der Waals surface area contributed by atoms with E-state index >= 15 is 0 Å². The molecule has 0 bridgehead atoms. The Kier molecular flexibility index (Phi) is 3.21. The summed E-state index contributed by atoms with van der Waals surface area (Å²) in [5, 5.41) is 8.16. The van der Waals surface area contributed by atoms with Crippen LogP contribution in [0.2, 0.25) is 0 Å². The van der Waals surface area contributed by atoms with Crippen LogP contribution in [0.4, 0.5) is 0 Å². The van der Waals surface area contributed by atoms with Gasteiger partial charge in [-0.05, 0) is 5.92 Å². The number of hydrogen-bond donors (Lipinski definition) is 1. The van der Waals surface area contributed by atoms with E-state index in [0.717, 1.165) is 0 Å². The van der Waals surface area contributed by atoms with Crippen LogP contribution in [0.3, 0.4) is 0 Å². The molecular formula is C6H12N2. The molecule has 0 unspecified atom stereocenters. The standard InChI is InChI=1S/C6H12N2/c1-5(2)6(8)3-4-7/h5-6H,3,8H2,1-2H3/t6-/m1/s1. The summed E-state index contributed by atoms with van der Waals surface area (Å²) in [6.07, 6.45) is 0.470. The first kappa shape index (κ1) is 7.45. The first-order valence-corrected chi connectivity index (χ1v) is 2.81. The quantitative estimate of drug-likeness (QED) is 0.576. The van der Waals surface area contributed by atoms with Crippen molar-refractivity contribution in [2.45, 2.75) is 26.3 Å². The van der Waals surface area contributed by atoms with Crippen LogP contribution in [0.5, 0.6) is 0 Å². The van der Waals surface area contributed by atoms with Crippen molar-refractivity contribution in [2.24, 2.45) is 11.7 Å². The summed E-state index contributed by atoms with van der Waals surface area (Å²) in [5.41, 5.74) is 5.50. The molecule has 0 aromatic rings. The van der Waals surface area contributed by atoms with Crippen LogP contribution in [0, 0.1) is 17.2 Å². The van der Waals surface area contributed by atoms with Gasteiger partial charge in [0.15, 0.2) is 0 Å². The van der Waals surface area contributed by atoms with Gasteiger partial charge in [-0.25, -0.2) is 0 Å². The maximum absolute atomic E-state index is 8.16. The van der Waals surface area contributed by atoms with E-state index in [1.165, 1.54) is 0 Å². The molecule has 0 saturated heterocycles. The third-order valence-corrected chi connectivity index (χ3v) is 1.18. The number of rotatable bonds is 2. The summed E-state index contributed by atoms with van der Waals surface area (Å²) in [4.78, 5) is 0. The Hall–Kier alpha value is -0.550. The highest BCUT2D eigenvalue weighted by atomic mass is 14.6. The smallest absolute Gasteiger partial charge is 0.0638 e.